The maximum absolute atomic E-state index is 13.2. The Morgan fingerprint density at radius 1 is 1.12 bits per heavy atom. The average molecular weight is 397 g/mol. The lowest BCUT2D eigenvalue weighted by atomic mass is 10.00. The molecular weight excluding hydrogens is 375 g/mol. The smallest absolute Gasteiger partial charge is 0.273 e. The van der Waals surface area contributed by atoms with E-state index in [2.05, 4.69) is 10.3 Å². The Morgan fingerprint density at radius 3 is 2.58 bits per heavy atom. The summed E-state index contributed by atoms with van der Waals surface area (Å²) in [6, 6.07) is 5.24. The van der Waals surface area contributed by atoms with Crippen molar-refractivity contribution < 1.29 is 17.6 Å². The Hall–Kier alpha value is -1.77. The van der Waals surface area contributed by atoms with Crippen LogP contribution in [0.5, 0.6) is 0 Å². The Labute approximate surface area is 156 Å². The van der Waals surface area contributed by atoms with Crippen LogP contribution in [0, 0.1) is 12.7 Å². The molecular formula is C18H21FN2O3S2. The van der Waals surface area contributed by atoms with Crippen LogP contribution in [0.15, 0.2) is 29.2 Å². The number of halogens is 1. The number of amides is 1. The quantitative estimate of drug-likeness (QED) is 0.777. The number of hydrogen-bond acceptors (Lipinski definition) is 4. The molecule has 8 heteroatoms. The molecule has 140 valence electrons. The van der Waals surface area contributed by atoms with Crippen molar-refractivity contribution in [3.63, 3.8) is 0 Å². The highest BCUT2D eigenvalue weighted by Crippen LogP contribution is 2.28. The molecule has 1 heterocycles. The molecule has 0 fully saturated rings. The number of hydrogen-bond donors (Lipinski definition) is 2. The Kier molecular flexibility index (Phi) is 5.74. The summed E-state index contributed by atoms with van der Waals surface area (Å²) < 4.78 is 37.8. The van der Waals surface area contributed by atoms with Crippen molar-refractivity contribution in [2.75, 3.05) is 0 Å². The first-order valence-electron chi connectivity index (χ1n) is 8.57. The van der Waals surface area contributed by atoms with E-state index < -0.39 is 21.7 Å². The lowest BCUT2D eigenvalue weighted by Crippen LogP contribution is -2.41. The van der Waals surface area contributed by atoms with Gasteiger partial charge in [-0.2, -0.15) is 0 Å². The molecule has 0 saturated carbocycles. The van der Waals surface area contributed by atoms with Gasteiger partial charge in [0.15, 0.2) is 0 Å². The number of fused-ring (bicyclic) bond motifs is 1. The van der Waals surface area contributed by atoms with Gasteiger partial charge in [0, 0.05) is 4.88 Å². The van der Waals surface area contributed by atoms with Crippen molar-refractivity contribution in [3.05, 3.63) is 51.0 Å². The Balaban J connectivity index is 1.71. The summed E-state index contributed by atoms with van der Waals surface area (Å²) in [5.74, 6) is -0.994. The van der Waals surface area contributed by atoms with E-state index in [0.29, 0.717) is 4.88 Å². The van der Waals surface area contributed by atoms with Crippen LogP contribution in [0.1, 0.15) is 51.4 Å². The summed E-state index contributed by atoms with van der Waals surface area (Å²) in [4.78, 5) is 16.1. The van der Waals surface area contributed by atoms with Crippen molar-refractivity contribution in [3.8, 4) is 0 Å². The largest absolute Gasteiger partial charge is 0.276 e. The third kappa shape index (κ3) is 4.31. The lowest BCUT2D eigenvalue weighted by molar-refractivity contribution is 0.0949. The minimum atomic E-state index is -3.97. The van der Waals surface area contributed by atoms with Gasteiger partial charge in [-0.25, -0.2) is 12.8 Å². The molecule has 0 atom stereocenters. The van der Waals surface area contributed by atoms with Crippen LogP contribution in [0.3, 0.4) is 0 Å². The van der Waals surface area contributed by atoms with Crippen molar-refractivity contribution in [2.24, 2.45) is 0 Å². The highest BCUT2D eigenvalue weighted by Gasteiger charge is 2.20. The van der Waals surface area contributed by atoms with E-state index in [4.69, 9.17) is 0 Å². The highest BCUT2D eigenvalue weighted by molar-refractivity contribution is 7.89. The second kappa shape index (κ2) is 7.85. The fourth-order valence-electron chi connectivity index (χ4n) is 3.10. The molecule has 1 aliphatic carbocycles. The molecule has 0 bridgehead atoms. The molecule has 3 rings (SSSR count). The zero-order valence-electron chi connectivity index (χ0n) is 14.5. The topological polar surface area (TPSA) is 75.3 Å². The maximum Gasteiger partial charge on any atom is 0.276 e. The number of thiophene rings is 1. The fourth-order valence-corrected chi connectivity index (χ4v) is 5.32. The molecule has 0 saturated heterocycles. The van der Waals surface area contributed by atoms with E-state index in [9.17, 15) is 17.6 Å². The Bertz CT molecular complexity index is 897. The minimum Gasteiger partial charge on any atom is -0.273 e. The third-order valence-corrected chi connectivity index (χ3v) is 7.09. The van der Waals surface area contributed by atoms with Crippen LogP contribution in [0.2, 0.25) is 0 Å². The van der Waals surface area contributed by atoms with Crippen LogP contribution < -0.4 is 10.3 Å². The second-order valence-electron chi connectivity index (χ2n) is 6.44. The second-order valence-corrected chi connectivity index (χ2v) is 9.23. The van der Waals surface area contributed by atoms with E-state index in [-0.39, 0.29) is 10.5 Å². The van der Waals surface area contributed by atoms with Crippen molar-refractivity contribution in [1.29, 1.82) is 0 Å². The van der Waals surface area contributed by atoms with Crippen LogP contribution in [-0.2, 0) is 22.9 Å². The average Bonchev–Trinajstić information content (AvgIpc) is 2.94. The van der Waals surface area contributed by atoms with Gasteiger partial charge in [-0.1, -0.05) is 12.8 Å². The van der Waals surface area contributed by atoms with Gasteiger partial charge in [-0.15, -0.1) is 16.2 Å². The number of aryl methyl sites for hydroxylation is 3. The zero-order chi connectivity index (χ0) is 18.7. The maximum atomic E-state index is 13.2. The first kappa shape index (κ1) is 19.0. The van der Waals surface area contributed by atoms with Gasteiger partial charge >= 0.3 is 0 Å². The molecule has 0 spiro atoms. The number of rotatable bonds is 4. The van der Waals surface area contributed by atoms with Gasteiger partial charge in [0.05, 0.1) is 9.77 Å². The molecule has 1 aromatic carbocycles. The highest BCUT2D eigenvalue weighted by atomic mass is 32.2. The van der Waals surface area contributed by atoms with Crippen LogP contribution in [-0.4, -0.2) is 14.3 Å². The number of hydrazine groups is 1. The van der Waals surface area contributed by atoms with Crippen molar-refractivity contribution in [2.45, 2.75) is 50.3 Å². The molecule has 5 nitrogen and oxygen atoms in total. The van der Waals surface area contributed by atoms with E-state index in [1.807, 2.05) is 6.07 Å². The third-order valence-electron chi connectivity index (χ3n) is 4.45. The monoisotopic (exact) mass is 396 g/mol. The van der Waals surface area contributed by atoms with Crippen molar-refractivity contribution in [1.82, 2.24) is 10.3 Å². The summed E-state index contributed by atoms with van der Waals surface area (Å²) in [5.41, 5.74) is 3.72. The van der Waals surface area contributed by atoms with Gasteiger partial charge in [0.1, 0.15) is 5.82 Å². The van der Waals surface area contributed by atoms with Gasteiger partial charge in [-0.05, 0) is 68.0 Å². The van der Waals surface area contributed by atoms with Gasteiger partial charge < -0.3 is 0 Å². The number of nitrogens with one attached hydrogen (secondary N) is 2. The lowest BCUT2D eigenvalue weighted by Gasteiger charge is -2.09. The van der Waals surface area contributed by atoms with E-state index in [1.54, 1.807) is 0 Å². The fraction of sp³-hybridized carbons (Fsp3) is 0.389. The summed E-state index contributed by atoms with van der Waals surface area (Å²) in [5, 5.41) is 0. The summed E-state index contributed by atoms with van der Waals surface area (Å²) in [6.07, 6.45) is 6.56. The standard InChI is InChI=1S/C18H21FN2O3S2/c1-12-10-14(19)8-9-17(12)26(23,24)21-20-18(22)16-11-13-6-4-2-3-5-7-15(13)25-16/h8-11,21H,2-7H2,1H3,(H,20,22). The minimum absolute atomic E-state index is 0.0716. The molecule has 26 heavy (non-hydrogen) atoms. The van der Waals surface area contributed by atoms with Gasteiger partial charge in [0.2, 0.25) is 0 Å². The van der Waals surface area contributed by atoms with Crippen LogP contribution in [0.4, 0.5) is 4.39 Å². The number of benzene rings is 1. The predicted molar refractivity (Wildman–Crippen MR) is 99.1 cm³/mol. The van der Waals surface area contributed by atoms with Crippen LogP contribution >= 0.6 is 11.3 Å². The number of sulfonamides is 1. The first-order chi connectivity index (χ1) is 12.4. The van der Waals surface area contributed by atoms with E-state index >= 15 is 0 Å². The molecule has 0 radical (unpaired) electrons. The first-order valence-corrected chi connectivity index (χ1v) is 10.9. The summed E-state index contributed by atoms with van der Waals surface area (Å²) in [7, 11) is -3.97. The molecule has 0 unspecified atom stereocenters. The SMILES string of the molecule is Cc1cc(F)ccc1S(=O)(=O)NNC(=O)c1cc2c(s1)CCCCCC2. The van der Waals surface area contributed by atoms with E-state index in [1.165, 1.54) is 47.6 Å². The molecule has 0 aliphatic heterocycles. The zero-order valence-corrected chi connectivity index (χ0v) is 16.1. The van der Waals surface area contributed by atoms with Gasteiger partial charge in [0.25, 0.3) is 15.9 Å². The van der Waals surface area contributed by atoms with Crippen LogP contribution in [0.25, 0.3) is 0 Å². The molecule has 2 N–H and O–H groups in total. The summed E-state index contributed by atoms with van der Waals surface area (Å²) in [6.45, 7) is 1.50. The van der Waals surface area contributed by atoms with E-state index in [0.717, 1.165) is 37.8 Å². The molecule has 2 aromatic rings. The Morgan fingerprint density at radius 2 is 1.85 bits per heavy atom. The normalized spacial score (nSPS) is 15.0. The van der Waals surface area contributed by atoms with Crippen molar-refractivity contribution >= 4 is 27.3 Å². The molecule has 1 amide bonds. The number of carbonyl (C=O) groups is 1. The molecule has 1 aliphatic rings. The van der Waals surface area contributed by atoms with Gasteiger partial charge in [-0.3, -0.25) is 10.2 Å². The summed E-state index contributed by atoms with van der Waals surface area (Å²) >= 11 is 1.42. The number of carbonyl (C=O) groups excluding carboxylic acids is 1. The predicted octanol–water partition coefficient (Wildman–Crippen LogP) is 3.48. The molecule has 1 aromatic heterocycles.